The van der Waals surface area contributed by atoms with Crippen molar-refractivity contribution in [3.8, 4) is 0 Å². The molecule has 1 amide bonds. The van der Waals surface area contributed by atoms with Crippen LogP contribution in [-0.4, -0.2) is 33.1 Å². The van der Waals surface area contributed by atoms with Crippen molar-refractivity contribution in [3.63, 3.8) is 0 Å². The third-order valence-corrected chi connectivity index (χ3v) is 12.2. The van der Waals surface area contributed by atoms with E-state index in [9.17, 15) is 9.90 Å². The number of benzene rings is 3. The molecule has 4 aromatic rings. The lowest BCUT2D eigenvalue weighted by Gasteiger charge is -2.43. The highest BCUT2D eigenvalue weighted by atomic mass is 32.2. The number of aliphatic hydroxyl groups is 1. The van der Waals surface area contributed by atoms with Crippen LogP contribution >= 0.6 is 23.1 Å². The first kappa shape index (κ1) is 41.1. The molecular weight excluding hydrogens is 699 g/mol. The molecule has 4 unspecified atom stereocenters. The van der Waals surface area contributed by atoms with E-state index in [-0.39, 0.29) is 30.6 Å². The van der Waals surface area contributed by atoms with E-state index in [4.69, 9.17) is 9.47 Å². The molecule has 0 radical (unpaired) electrons. The van der Waals surface area contributed by atoms with Gasteiger partial charge in [-0.05, 0) is 35.6 Å². The van der Waals surface area contributed by atoms with Crippen LogP contribution in [0.4, 0.5) is 0 Å². The van der Waals surface area contributed by atoms with Crippen LogP contribution in [0.15, 0.2) is 83.2 Å². The summed E-state index contributed by atoms with van der Waals surface area (Å²) in [4.78, 5) is 12.6. The van der Waals surface area contributed by atoms with E-state index >= 15 is 0 Å². The van der Waals surface area contributed by atoms with Gasteiger partial charge in [-0.15, -0.1) is 10.2 Å². The number of aryl methyl sites for hydroxylation is 1. The number of aromatic nitrogens is 2. The molecule has 1 saturated heterocycles. The first-order valence-electron chi connectivity index (χ1n) is 19.9. The highest BCUT2D eigenvalue weighted by Crippen LogP contribution is 2.48. The molecule has 7 nitrogen and oxygen atoms in total. The van der Waals surface area contributed by atoms with Crippen molar-refractivity contribution < 1.29 is 19.4 Å². The van der Waals surface area contributed by atoms with Gasteiger partial charge in [0.25, 0.3) is 0 Å². The summed E-state index contributed by atoms with van der Waals surface area (Å²) in [7, 11) is 0. The lowest BCUT2D eigenvalue weighted by molar-refractivity contribution is -0.255. The van der Waals surface area contributed by atoms with Crippen LogP contribution in [0.3, 0.4) is 0 Å². The van der Waals surface area contributed by atoms with Gasteiger partial charge in [0, 0.05) is 30.2 Å². The lowest BCUT2D eigenvalue weighted by Crippen LogP contribution is -2.38. The largest absolute Gasteiger partial charge is 0.392 e. The highest BCUT2D eigenvalue weighted by Gasteiger charge is 2.42. The topological polar surface area (TPSA) is 93.6 Å². The van der Waals surface area contributed by atoms with E-state index in [0.29, 0.717) is 18.7 Å². The van der Waals surface area contributed by atoms with Gasteiger partial charge >= 0.3 is 0 Å². The Labute approximate surface area is 325 Å². The summed E-state index contributed by atoms with van der Waals surface area (Å²) in [5, 5.41) is 22.3. The molecule has 0 aliphatic carbocycles. The predicted octanol–water partition coefficient (Wildman–Crippen LogP) is 11.2. The average molecular weight is 758 g/mol. The van der Waals surface area contributed by atoms with Crippen LogP contribution in [0, 0.1) is 6.92 Å². The number of hydrogen-bond acceptors (Lipinski definition) is 8. The van der Waals surface area contributed by atoms with Gasteiger partial charge in [-0.3, -0.25) is 4.79 Å². The van der Waals surface area contributed by atoms with Crippen LogP contribution in [0.5, 0.6) is 0 Å². The summed E-state index contributed by atoms with van der Waals surface area (Å²) < 4.78 is 14.6. The predicted molar refractivity (Wildman–Crippen MR) is 217 cm³/mol. The molecular formula is C44H59N3O4S2. The number of carbonyl (C=O) groups is 1. The number of aliphatic hydroxyl groups excluding tert-OH is 1. The van der Waals surface area contributed by atoms with Gasteiger partial charge in [0.2, 0.25) is 5.91 Å². The van der Waals surface area contributed by atoms with Crippen LogP contribution in [0.25, 0.3) is 0 Å². The third kappa shape index (κ3) is 13.6. The van der Waals surface area contributed by atoms with Crippen molar-refractivity contribution in [2.24, 2.45) is 0 Å². The van der Waals surface area contributed by atoms with E-state index in [0.717, 1.165) is 50.0 Å². The molecule has 0 saturated carbocycles. The molecule has 3 aromatic carbocycles. The van der Waals surface area contributed by atoms with E-state index < -0.39 is 6.29 Å². The zero-order valence-corrected chi connectivity index (χ0v) is 33.4. The van der Waals surface area contributed by atoms with Crippen molar-refractivity contribution in [2.45, 2.75) is 146 Å². The second-order valence-corrected chi connectivity index (χ2v) is 16.8. The summed E-state index contributed by atoms with van der Waals surface area (Å²) in [6.07, 6.45) is 16.4. The molecule has 286 valence electrons. The van der Waals surface area contributed by atoms with Crippen molar-refractivity contribution in [1.82, 2.24) is 15.5 Å². The molecule has 4 atom stereocenters. The Hall–Kier alpha value is -3.08. The zero-order chi connectivity index (χ0) is 37.1. The lowest BCUT2D eigenvalue weighted by atomic mass is 9.84. The van der Waals surface area contributed by atoms with E-state index in [1.54, 1.807) is 23.1 Å². The van der Waals surface area contributed by atoms with Crippen molar-refractivity contribution >= 4 is 29.0 Å². The fourth-order valence-corrected chi connectivity index (χ4v) is 8.94. The average Bonchev–Trinajstić information content (AvgIpc) is 3.62. The maximum Gasteiger partial charge on any atom is 0.220 e. The Morgan fingerprint density at radius 1 is 0.736 bits per heavy atom. The Balaban J connectivity index is 1.13. The molecule has 1 aliphatic heterocycles. The number of rotatable bonds is 23. The fraction of sp³-hybridized carbons (Fsp3) is 0.523. The molecule has 9 heteroatoms. The van der Waals surface area contributed by atoms with Crippen LogP contribution in [0.2, 0.25) is 0 Å². The molecule has 2 N–H and O–H groups in total. The van der Waals surface area contributed by atoms with Crippen LogP contribution < -0.4 is 5.32 Å². The normalized spacial score (nSPS) is 18.6. The van der Waals surface area contributed by atoms with Crippen LogP contribution in [0.1, 0.15) is 148 Å². The van der Waals surface area contributed by atoms with E-state index in [2.05, 4.69) is 71.0 Å². The Morgan fingerprint density at radius 3 is 1.94 bits per heavy atom. The van der Waals surface area contributed by atoms with E-state index in [1.165, 1.54) is 70.6 Å². The van der Waals surface area contributed by atoms with Gasteiger partial charge in [-0.2, -0.15) is 0 Å². The molecule has 0 bridgehead atoms. The smallest absolute Gasteiger partial charge is 0.220 e. The zero-order valence-electron chi connectivity index (χ0n) is 31.7. The van der Waals surface area contributed by atoms with Gasteiger partial charge in [-0.25, -0.2) is 0 Å². The summed E-state index contributed by atoms with van der Waals surface area (Å²) >= 11 is 3.26. The molecule has 5 rings (SSSR count). The summed E-state index contributed by atoms with van der Waals surface area (Å²) in [5.41, 5.74) is 5.01. The molecule has 0 spiro atoms. The van der Waals surface area contributed by atoms with Gasteiger partial charge in [0.1, 0.15) is 5.01 Å². The molecule has 2 heterocycles. The maximum absolute atomic E-state index is 12.6. The SMILES string of the molecule is CCCCCCCCCCCCCCCC(=O)NCc1ccc(C2OC(CSc3nnc(C)s3)C(c3ccccc3)C(c3ccc(CO)cc3)O2)cc1. The minimum absolute atomic E-state index is 0.00751. The van der Waals surface area contributed by atoms with E-state index in [1.807, 2.05) is 37.3 Å². The second kappa shape index (κ2) is 23.0. The number of nitrogens with zero attached hydrogens (tertiary/aromatic N) is 2. The van der Waals surface area contributed by atoms with Crippen LogP contribution in [-0.2, 0) is 27.4 Å². The monoisotopic (exact) mass is 757 g/mol. The minimum Gasteiger partial charge on any atom is -0.392 e. The maximum atomic E-state index is 12.6. The number of carbonyl (C=O) groups excluding carboxylic acids is 1. The number of unbranched alkanes of at least 4 members (excludes halogenated alkanes) is 12. The third-order valence-electron chi connectivity index (χ3n) is 10.1. The number of thioether (sulfide) groups is 1. The summed E-state index contributed by atoms with van der Waals surface area (Å²) in [5.74, 6) is 0.727. The van der Waals surface area contributed by atoms with Gasteiger partial charge < -0.3 is 19.9 Å². The number of amides is 1. The Morgan fingerprint density at radius 2 is 1.34 bits per heavy atom. The molecule has 1 aliphatic rings. The number of hydrogen-bond donors (Lipinski definition) is 2. The quantitative estimate of drug-likeness (QED) is 0.0575. The van der Waals surface area contributed by atoms with Gasteiger partial charge in [0.05, 0.1) is 18.8 Å². The molecule has 53 heavy (non-hydrogen) atoms. The van der Waals surface area contributed by atoms with Crippen molar-refractivity contribution in [2.75, 3.05) is 5.75 Å². The molecule has 1 fully saturated rings. The summed E-state index contributed by atoms with van der Waals surface area (Å²) in [6, 6.07) is 26.6. The van der Waals surface area contributed by atoms with Crippen molar-refractivity contribution in [3.05, 3.63) is 112 Å². The first-order valence-corrected chi connectivity index (χ1v) is 21.7. The van der Waals surface area contributed by atoms with Crippen molar-refractivity contribution in [1.29, 1.82) is 0 Å². The standard InChI is InChI=1S/C44H59N3O4S2/c1-3-4-5-6-7-8-9-10-11-12-13-14-18-21-40(49)45-30-34-22-28-38(29-23-34)43-50-39(32-52-44-47-46-33(2)53-44)41(36-19-16-15-17-20-36)42(51-43)37-26-24-35(31-48)25-27-37/h15-17,19-20,22-29,39,41-43,48H,3-14,18,21,30-32H2,1-2H3,(H,45,49). The van der Waals surface area contributed by atoms with Gasteiger partial charge in [-0.1, -0.05) is 186 Å². The summed E-state index contributed by atoms with van der Waals surface area (Å²) in [6.45, 7) is 4.73. The fourth-order valence-electron chi connectivity index (χ4n) is 7.03. The Bertz CT molecular complexity index is 1600. The van der Waals surface area contributed by atoms with Gasteiger partial charge in [0.15, 0.2) is 10.6 Å². The Kier molecular flexibility index (Phi) is 17.8. The highest BCUT2D eigenvalue weighted by molar-refractivity contribution is 8.01. The minimum atomic E-state index is -0.585. The first-order chi connectivity index (χ1) is 26.0. The molecule has 1 aromatic heterocycles. The number of nitrogens with one attached hydrogen (secondary N) is 1. The number of ether oxygens (including phenoxy) is 2. The second-order valence-electron chi connectivity index (χ2n) is 14.3.